The molecule has 3 rings (SSSR count). The lowest BCUT2D eigenvalue weighted by molar-refractivity contribution is 0.718. The Morgan fingerprint density at radius 3 is 2.67 bits per heavy atom. The first-order chi connectivity index (χ1) is 10.2. The van der Waals surface area contributed by atoms with Gasteiger partial charge in [0.1, 0.15) is 5.82 Å². The summed E-state index contributed by atoms with van der Waals surface area (Å²) in [5.41, 5.74) is 2.43. The van der Waals surface area contributed by atoms with E-state index in [1.165, 1.54) is 10.9 Å². The van der Waals surface area contributed by atoms with Gasteiger partial charge in [0, 0.05) is 35.5 Å². The van der Waals surface area contributed by atoms with Gasteiger partial charge in [-0.05, 0) is 24.7 Å². The van der Waals surface area contributed by atoms with Crippen LogP contribution >= 0.6 is 11.8 Å². The van der Waals surface area contributed by atoms with Crippen LogP contribution in [0.25, 0.3) is 10.9 Å². The van der Waals surface area contributed by atoms with E-state index in [2.05, 4.69) is 66.2 Å². The Balaban J connectivity index is 2.02. The first-order valence-electron chi connectivity index (χ1n) is 7.61. The Morgan fingerprint density at radius 2 is 1.95 bits per heavy atom. The van der Waals surface area contributed by atoms with Crippen molar-refractivity contribution in [1.82, 2.24) is 10.3 Å². The Bertz CT molecular complexity index is 618. The standard InChI is InChI=1S/C17H23N3S/c1-12-10-20(11-13(2)21-12)17-8-14(9-18-3)15-6-4-5-7-16(15)19-17/h4-8,12-13,18H,9-11H2,1-3H3. The third-order valence-corrected chi connectivity index (χ3v) is 5.13. The fraction of sp³-hybridized carbons (Fsp3) is 0.471. The van der Waals surface area contributed by atoms with Gasteiger partial charge >= 0.3 is 0 Å². The molecule has 2 heterocycles. The molecule has 3 nitrogen and oxygen atoms in total. The first-order valence-corrected chi connectivity index (χ1v) is 8.55. The minimum Gasteiger partial charge on any atom is -0.354 e. The summed E-state index contributed by atoms with van der Waals surface area (Å²) in [4.78, 5) is 7.34. The number of anilines is 1. The van der Waals surface area contributed by atoms with Crippen molar-refractivity contribution in [3.63, 3.8) is 0 Å². The van der Waals surface area contributed by atoms with Crippen LogP contribution in [0.15, 0.2) is 30.3 Å². The second-order valence-corrected chi connectivity index (χ2v) is 7.73. The number of rotatable bonds is 3. The summed E-state index contributed by atoms with van der Waals surface area (Å²) in [6, 6.07) is 10.7. The number of pyridine rings is 1. The summed E-state index contributed by atoms with van der Waals surface area (Å²) in [7, 11) is 2.00. The highest BCUT2D eigenvalue weighted by Gasteiger charge is 2.23. The molecule has 21 heavy (non-hydrogen) atoms. The number of aromatic nitrogens is 1. The van der Waals surface area contributed by atoms with E-state index in [4.69, 9.17) is 4.98 Å². The van der Waals surface area contributed by atoms with Gasteiger partial charge in [0.2, 0.25) is 0 Å². The van der Waals surface area contributed by atoms with Gasteiger partial charge in [0.15, 0.2) is 0 Å². The van der Waals surface area contributed by atoms with Gasteiger partial charge in [0.05, 0.1) is 5.52 Å². The van der Waals surface area contributed by atoms with Crippen LogP contribution in [0.2, 0.25) is 0 Å². The van der Waals surface area contributed by atoms with Crippen LogP contribution in [0.4, 0.5) is 5.82 Å². The molecule has 0 aliphatic carbocycles. The van der Waals surface area contributed by atoms with Gasteiger partial charge in [-0.25, -0.2) is 4.98 Å². The number of nitrogens with one attached hydrogen (secondary N) is 1. The molecule has 0 radical (unpaired) electrons. The molecule has 1 saturated heterocycles. The topological polar surface area (TPSA) is 28.2 Å². The number of thioether (sulfide) groups is 1. The first kappa shape index (κ1) is 14.7. The molecule has 1 aliphatic rings. The Morgan fingerprint density at radius 1 is 1.24 bits per heavy atom. The average molecular weight is 301 g/mol. The zero-order valence-electron chi connectivity index (χ0n) is 13.0. The number of hydrogen-bond acceptors (Lipinski definition) is 4. The van der Waals surface area contributed by atoms with E-state index in [-0.39, 0.29) is 0 Å². The zero-order chi connectivity index (χ0) is 14.8. The second-order valence-electron chi connectivity index (χ2n) is 5.85. The van der Waals surface area contributed by atoms with E-state index in [1.54, 1.807) is 0 Å². The summed E-state index contributed by atoms with van der Waals surface area (Å²) in [6.07, 6.45) is 0. The summed E-state index contributed by atoms with van der Waals surface area (Å²) in [6.45, 7) is 7.66. The Kier molecular flexibility index (Phi) is 4.36. The van der Waals surface area contributed by atoms with Crippen LogP contribution in [0, 0.1) is 0 Å². The molecule has 1 aromatic carbocycles. The van der Waals surface area contributed by atoms with Crippen molar-refractivity contribution in [2.45, 2.75) is 30.9 Å². The van der Waals surface area contributed by atoms with Crippen LogP contribution in [-0.4, -0.2) is 35.6 Å². The van der Waals surface area contributed by atoms with Gasteiger partial charge in [-0.2, -0.15) is 11.8 Å². The highest BCUT2D eigenvalue weighted by atomic mass is 32.2. The van der Waals surface area contributed by atoms with Crippen LogP contribution in [0.5, 0.6) is 0 Å². The molecule has 0 spiro atoms. The highest BCUT2D eigenvalue weighted by molar-refractivity contribution is 8.00. The Labute approximate surface area is 131 Å². The van der Waals surface area contributed by atoms with Crippen molar-refractivity contribution < 1.29 is 0 Å². The lowest BCUT2D eigenvalue weighted by Gasteiger charge is -2.35. The molecule has 0 saturated carbocycles. The molecule has 2 unspecified atom stereocenters. The number of hydrogen-bond donors (Lipinski definition) is 1. The van der Waals surface area contributed by atoms with Crippen molar-refractivity contribution in [2.75, 3.05) is 25.0 Å². The third kappa shape index (κ3) is 3.16. The molecule has 1 aromatic heterocycles. The van der Waals surface area contributed by atoms with Gasteiger partial charge in [-0.15, -0.1) is 0 Å². The second kappa shape index (κ2) is 6.24. The fourth-order valence-corrected chi connectivity index (χ4v) is 4.42. The smallest absolute Gasteiger partial charge is 0.129 e. The van der Waals surface area contributed by atoms with Crippen molar-refractivity contribution >= 4 is 28.5 Å². The minimum atomic E-state index is 0.662. The SMILES string of the molecule is CNCc1cc(N2CC(C)SC(C)C2)nc2ccccc12. The van der Waals surface area contributed by atoms with Crippen LogP contribution < -0.4 is 10.2 Å². The van der Waals surface area contributed by atoms with Crippen LogP contribution in [0.1, 0.15) is 19.4 Å². The van der Waals surface area contributed by atoms with Crippen molar-refractivity contribution in [3.8, 4) is 0 Å². The molecule has 4 heteroatoms. The Hall–Kier alpha value is -1.26. The number of para-hydroxylation sites is 1. The van der Waals surface area contributed by atoms with Crippen LogP contribution in [0.3, 0.4) is 0 Å². The van der Waals surface area contributed by atoms with Crippen LogP contribution in [-0.2, 0) is 6.54 Å². The maximum Gasteiger partial charge on any atom is 0.129 e. The predicted molar refractivity (Wildman–Crippen MR) is 93.2 cm³/mol. The molecule has 112 valence electrons. The van der Waals surface area contributed by atoms with Crippen molar-refractivity contribution in [1.29, 1.82) is 0 Å². The van der Waals surface area contributed by atoms with Crippen molar-refractivity contribution in [2.24, 2.45) is 0 Å². The van der Waals surface area contributed by atoms with E-state index in [0.29, 0.717) is 10.5 Å². The van der Waals surface area contributed by atoms with Crippen molar-refractivity contribution in [3.05, 3.63) is 35.9 Å². The third-order valence-electron chi connectivity index (χ3n) is 3.90. The average Bonchev–Trinajstić information content (AvgIpc) is 2.46. The monoisotopic (exact) mass is 301 g/mol. The molecule has 2 aromatic rings. The van der Waals surface area contributed by atoms with E-state index in [1.807, 2.05) is 7.05 Å². The number of nitrogens with zero attached hydrogens (tertiary/aromatic N) is 2. The molecule has 2 atom stereocenters. The predicted octanol–water partition coefficient (Wildman–Crippen LogP) is 3.28. The van der Waals surface area contributed by atoms with E-state index >= 15 is 0 Å². The summed E-state index contributed by atoms with van der Waals surface area (Å²) < 4.78 is 0. The number of fused-ring (bicyclic) bond motifs is 1. The summed E-state index contributed by atoms with van der Waals surface area (Å²) in [5.74, 6) is 1.12. The molecule has 0 amide bonds. The highest BCUT2D eigenvalue weighted by Crippen LogP contribution is 2.30. The van der Waals surface area contributed by atoms with E-state index in [9.17, 15) is 0 Å². The molecule has 1 aliphatic heterocycles. The molecule has 1 fully saturated rings. The van der Waals surface area contributed by atoms with E-state index < -0.39 is 0 Å². The minimum absolute atomic E-state index is 0.662. The van der Waals surface area contributed by atoms with Gasteiger partial charge in [-0.1, -0.05) is 32.0 Å². The lowest BCUT2D eigenvalue weighted by atomic mass is 10.1. The summed E-state index contributed by atoms with van der Waals surface area (Å²) in [5, 5.41) is 5.85. The number of benzene rings is 1. The fourth-order valence-electron chi connectivity index (χ4n) is 3.10. The lowest BCUT2D eigenvalue weighted by Crippen LogP contribution is -2.40. The van der Waals surface area contributed by atoms with Gasteiger partial charge < -0.3 is 10.2 Å². The van der Waals surface area contributed by atoms with Gasteiger partial charge in [0.25, 0.3) is 0 Å². The zero-order valence-corrected chi connectivity index (χ0v) is 13.8. The molecule has 0 bridgehead atoms. The maximum absolute atomic E-state index is 4.90. The van der Waals surface area contributed by atoms with E-state index in [0.717, 1.165) is 31.0 Å². The largest absolute Gasteiger partial charge is 0.354 e. The van der Waals surface area contributed by atoms with Gasteiger partial charge in [-0.3, -0.25) is 0 Å². The molecular formula is C17H23N3S. The molecule has 1 N–H and O–H groups in total. The normalized spacial score (nSPS) is 22.7. The molecular weight excluding hydrogens is 278 g/mol. The summed E-state index contributed by atoms with van der Waals surface area (Å²) >= 11 is 2.08. The quantitative estimate of drug-likeness (QED) is 0.941. The maximum atomic E-state index is 4.90.